The van der Waals surface area contributed by atoms with Gasteiger partial charge in [-0.2, -0.15) is 0 Å². The molecule has 0 bridgehead atoms. The van der Waals surface area contributed by atoms with Crippen molar-refractivity contribution in [3.05, 3.63) is 71.8 Å². The maximum absolute atomic E-state index is 14.3. The van der Waals surface area contributed by atoms with Crippen LogP contribution in [0.4, 0.5) is 33.1 Å². The highest BCUT2D eigenvalue weighted by Gasteiger charge is 2.31. The molecule has 244 valence electrons. The van der Waals surface area contributed by atoms with Gasteiger partial charge in [0.2, 0.25) is 5.91 Å². The maximum atomic E-state index is 14.3. The number of anilines is 5. The van der Waals surface area contributed by atoms with E-state index in [1.165, 1.54) is 18.5 Å². The zero-order valence-electron chi connectivity index (χ0n) is 26.2. The van der Waals surface area contributed by atoms with Crippen molar-refractivity contribution in [2.45, 2.75) is 31.3 Å². The number of nitrogens with zero attached hydrogens (tertiary/aromatic N) is 6. The number of carbonyl (C=O) groups excluding carboxylic acids is 1. The van der Waals surface area contributed by atoms with Gasteiger partial charge in [-0.05, 0) is 49.7 Å². The second-order valence-corrected chi connectivity index (χ2v) is 12.3. The molecule has 1 atom stereocenters. The molecule has 46 heavy (non-hydrogen) atoms. The zero-order valence-corrected chi connectivity index (χ0v) is 27.0. The minimum Gasteiger partial charge on any atom is -0.494 e. The topological polar surface area (TPSA) is 98.3 Å². The number of methoxy groups -OCH3 is 1. The number of halogens is 2. The lowest BCUT2D eigenvalue weighted by atomic mass is 10.0. The summed E-state index contributed by atoms with van der Waals surface area (Å²) in [6.07, 6.45) is 5.45. The van der Waals surface area contributed by atoms with Crippen molar-refractivity contribution in [2.75, 3.05) is 80.6 Å². The van der Waals surface area contributed by atoms with Crippen LogP contribution in [-0.2, 0) is 9.63 Å². The molecule has 6 rings (SSSR count). The average Bonchev–Trinajstić information content (AvgIpc) is 3.57. The number of hydrogen-bond donors (Lipinski definition) is 2. The summed E-state index contributed by atoms with van der Waals surface area (Å²) < 4.78 is 20.1. The van der Waals surface area contributed by atoms with E-state index in [0.717, 1.165) is 63.4 Å². The van der Waals surface area contributed by atoms with E-state index in [2.05, 4.69) is 48.9 Å². The molecule has 2 N–H and O–H groups in total. The predicted molar refractivity (Wildman–Crippen MR) is 179 cm³/mol. The van der Waals surface area contributed by atoms with E-state index in [-0.39, 0.29) is 17.0 Å². The van der Waals surface area contributed by atoms with Gasteiger partial charge in [0.15, 0.2) is 5.82 Å². The van der Waals surface area contributed by atoms with Crippen LogP contribution in [0.3, 0.4) is 0 Å². The Morgan fingerprint density at radius 3 is 2.57 bits per heavy atom. The highest BCUT2D eigenvalue weighted by molar-refractivity contribution is 6.30. The van der Waals surface area contributed by atoms with E-state index >= 15 is 0 Å². The third-order valence-electron chi connectivity index (χ3n) is 8.99. The second-order valence-electron chi connectivity index (χ2n) is 11.8. The van der Waals surface area contributed by atoms with Crippen LogP contribution in [0.2, 0.25) is 5.02 Å². The van der Waals surface area contributed by atoms with Crippen LogP contribution in [0.15, 0.2) is 55.4 Å². The Morgan fingerprint density at radius 1 is 1.07 bits per heavy atom. The molecule has 3 saturated heterocycles. The molecule has 1 unspecified atom stereocenters. The van der Waals surface area contributed by atoms with Gasteiger partial charge in [-0.1, -0.05) is 24.2 Å². The third-order valence-corrected chi connectivity index (χ3v) is 9.30. The smallest absolute Gasteiger partial charge is 0.247 e. The maximum Gasteiger partial charge on any atom is 0.247 e. The van der Waals surface area contributed by atoms with Crippen molar-refractivity contribution >= 4 is 46.2 Å². The van der Waals surface area contributed by atoms with Gasteiger partial charge in [0.05, 0.1) is 41.8 Å². The Hall–Kier alpha value is -3.97. The normalized spacial score (nSPS) is 19.7. The summed E-state index contributed by atoms with van der Waals surface area (Å²) in [5, 5.41) is 8.06. The highest BCUT2D eigenvalue weighted by atomic mass is 35.5. The first-order valence-corrected chi connectivity index (χ1v) is 16.0. The molecule has 0 radical (unpaired) electrons. The minimum absolute atomic E-state index is 0.0708. The molecule has 4 heterocycles. The molecular weight excluding hydrogens is 611 g/mol. The first-order chi connectivity index (χ1) is 22.3. The summed E-state index contributed by atoms with van der Waals surface area (Å²) in [6, 6.07) is 10.6. The summed E-state index contributed by atoms with van der Waals surface area (Å²) in [4.78, 5) is 34.6. The fourth-order valence-corrected chi connectivity index (χ4v) is 6.55. The third kappa shape index (κ3) is 7.05. The van der Waals surface area contributed by atoms with Gasteiger partial charge in [-0.15, -0.1) is 0 Å². The molecule has 2 aromatic carbocycles. The van der Waals surface area contributed by atoms with Crippen molar-refractivity contribution < 1.29 is 18.8 Å². The van der Waals surface area contributed by atoms with Crippen molar-refractivity contribution in [3.8, 4) is 5.75 Å². The molecule has 0 aliphatic carbocycles. The van der Waals surface area contributed by atoms with Crippen LogP contribution in [0.25, 0.3) is 0 Å². The van der Waals surface area contributed by atoms with E-state index in [9.17, 15) is 9.18 Å². The number of piperidine rings is 1. The number of hydroxylamine groups is 1. The number of piperazine rings is 1. The summed E-state index contributed by atoms with van der Waals surface area (Å²) >= 11 is 5.91. The van der Waals surface area contributed by atoms with Crippen LogP contribution in [0.5, 0.6) is 5.75 Å². The van der Waals surface area contributed by atoms with Gasteiger partial charge < -0.3 is 25.2 Å². The average molecular weight is 651 g/mol. The fourth-order valence-electron chi connectivity index (χ4n) is 6.43. The number of hydrogen-bond acceptors (Lipinski definition) is 10. The zero-order chi connectivity index (χ0) is 32.2. The predicted octanol–water partition coefficient (Wildman–Crippen LogP) is 5.25. The lowest BCUT2D eigenvalue weighted by Gasteiger charge is -2.43. The van der Waals surface area contributed by atoms with Crippen molar-refractivity contribution in [2.24, 2.45) is 0 Å². The lowest BCUT2D eigenvalue weighted by Crippen LogP contribution is -2.52. The van der Waals surface area contributed by atoms with Gasteiger partial charge in [0, 0.05) is 63.9 Å². The van der Waals surface area contributed by atoms with Crippen LogP contribution < -0.4 is 25.3 Å². The number of carbonyl (C=O) groups is 1. The van der Waals surface area contributed by atoms with Crippen molar-refractivity contribution in [1.82, 2.24) is 19.8 Å². The Kier molecular flexibility index (Phi) is 9.88. The highest BCUT2D eigenvalue weighted by Crippen LogP contribution is 2.41. The number of amides is 1. The molecule has 1 amide bonds. The summed E-state index contributed by atoms with van der Waals surface area (Å²) in [6.45, 7) is 10.2. The molecule has 11 nitrogen and oxygen atoms in total. The van der Waals surface area contributed by atoms with E-state index in [1.807, 2.05) is 12.1 Å². The quantitative estimate of drug-likeness (QED) is 0.299. The molecule has 0 saturated carbocycles. The first kappa shape index (κ1) is 32.0. The first-order valence-electron chi connectivity index (χ1n) is 15.6. The SMILES string of the molecule is C=CC(=O)Nc1cc(Nc2cc(N3OCCC3c3ccc(Cl)c(F)c3)ncn2)c(OC)cc1N1CCC(N2CCN(C)CC2)CC1. The lowest BCUT2D eigenvalue weighted by molar-refractivity contribution is -0.111. The number of benzene rings is 2. The molecule has 3 fully saturated rings. The van der Waals surface area contributed by atoms with E-state index in [0.29, 0.717) is 47.8 Å². The summed E-state index contributed by atoms with van der Waals surface area (Å²) in [5.74, 6) is 0.811. The standard InChI is InChI=1S/C33H40ClFN8O3/c1-4-33(44)39-26-18-27(30(45-3)19-29(26)42-10-7-23(8-11-42)41-14-12-40(2)13-15-41)38-31-20-32(37-21-36-31)43-28(9-16-46-43)22-5-6-24(34)25(35)17-22/h4-6,17-21,23,28H,1,7-16H2,2-3H3,(H,39,44)(H,36,37,38). The summed E-state index contributed by atoms with van der Waals surface area (Å²) in [5.41, 5.74) is 2.88. The van der Waals surface area contributed by atoms with Gasteiger partial charge in [0.1, 0.15) is 23.7 Å². The van der Waals surface area contributed by atoms with E-state index < -0.39 is 5.82 Å². The van der Waals surface area contributed by atoms with Gasteiger partial charge >= 0.3 is 0 Å². The monoisotopic (exact) mass is 650 g/mol. The van der Waals surface area contributed by atoms with Crippen molar-refractivity contribution in [3.63, 3.8) is 0 Å². The molecule has 3 aromatic rings. The van der Waals surface area contributed by atoms with Crippen molar-refractivity contribution in [1.29, 1.82) is 0 Å². The number of nitrogens with one attached hydrogen (secondary N) is 2. The number of likely N-dealkylation sites (N-methyl/N-ethyl adjacent to an activating group) is 1. The van der Waals surface area contributed by atoms with Crippen LogP contribution in [0.1, 0.15) is 30.9 Å². The fraction of sp³-hybridized carbons (Fsp3) is 0.424. The van der Waals surface area contributed by atoms with E-state index in [1.54, 1.807) is 30.4 Å². The van der Waals surface area contributed by atoms with Crippen LogP contribution in [0, 0.1) is 5.82 Å². The minimum atomic E-state index is -0.481. The Bertz CT molecular complexity index is 1560. The van der Waals surface area contributed by atoms with E-state index in [4.69, 9.17) is 21.2 Å². The van der Waals surface area contributed by atoms with Gasteiger partial charge in [-0.3, -0.25) is 14.5 Å². The largest absolute Gasteiger partial charge is 0.494 e. The molecule has 1 aromatic heterocycles. The number of ether oxygens (including phenoxy) is 1. The Morgan fingerprint density at radius 2 is 1.85 bits per heavy atom. The number of aromatic nitrogens is 2. The molecule has 13 heteroatoms. The molecule has 3 aliphatic heterocycles. The number of rotatable bonds is 9. The molecular formula is C33H40ClFN8O3. The van der Waals surface area contributed by atoms with Crippen LogP contribution >= 0.6 is 11.6 Å². The molecule has 3 aliphatic rings. The Labute approximate surface area is 273 Å². The van der Waals surface area contributed by atoms with Gasteiger partial charge in [-0.25, -0.2) is 19.4 Å². The summed E-state index contributed by atoms with van der Waals surface area (Å²) in [7, 11) is 3.79. The second kappa shape index (κ2) is 14.2. The van der Waals surface area contributed by atoms with Crippen LogP contribution in [-0.4, -0.2) is 91.7 Å². The Balaban J connectivity index is 1.22. The molecule has 0 spiro atoms. The van der Waals surface area contributed by atoms with Gasteiger partial charge in [0.25, 0.3) is 0 Å².